The number of likely N-dealkylation sites (N-methyl/N-ethyl adjacent to an activating group) is 1. The molecule has 152 valence electrons. The molecular weight excluding hydrogens is 361 g/mol. The van der Waals surface area contributed by atoms with Crippen LogP contribution < -0.4 is 0 Å². The molecule has 2 aliphatic rings. The molecule has 0 saturated carbocycles. The number of halogens is 1. The molecular formula is C20H28FN5O2. The van der Waals surface area contributed by atoms with Gasteiger partial charge in [0.25, 0.3) is 5.91 Å². The van der Waals surface area contributed by atoms with E-state index in [2.05, 4.69) is 29.0 Å². The molecule has 1 saturated heterocycles. The normalized spacial score (nSPS) is 18.6. The molecule has 8 heteroatoms. The van der Waals surface area contributed by atoms with Crippen LogP contribution in [0.1, 0.15) is 18.4 Å². The third-order valence-electron chi connectivity index (χ3n) is 5.12. The van der Waals surface area contributed by atoms with Crippen molar-refractivity contribution >= 4 is 17.5 Å². The molecule has 0 radical (unpaired) electrons. The predicted octanol–water partition coefficient (Wildman–Crippen LogP) is 1.01. The Kier molecular flexibility index (Phi) is 6.74. The second-order valence-electron chi connectivity index (χ2n) is 7.56. The maximum Gasteiger partial charge on any atom is 0.270 e. The molecule has 0 bridgehead atoms. The Morgan fingerprint density at radius 3 is 2.43 bits per heavy atom. The molecule has 0 aromatic heterocycles. The minimum atomic E-state index is -0.321. The van der Waals surface area contributed by atoms with Crippen LogP contribution in [-0.2, 0) is 16.1 Å². The zero-order chi connectivity index (χ0) is 20.1. The third-order valence-corrected chi connectivity index (χ3v) is 5.12. The highest BCUT2D eigenvalue weighted by Crippen LogP contribution is 2.16. The van der Waals surface area contributed by atoms with E-state index in [9.17, 15) is 14.0 Å². The predicted molar refractivity (Wildman–Crippen MR) is 105 cm³/mol. The van der Waals surface area contributed by atoms with Crippen molar-refractivity contribution in [3.63, 3.8) is 0 Å². The van der Waals surface area contributed by atoms with Crippen molar-refractivity contribution in [3.05, 3.63) is 35.6 Å². The number of hydrazone groups is 1. The first-order valence-electron chi connectivity index (χ1n) is 9.71. The Morgan fingerprint density at radius 2 is 1.79 bits per heavy atom. The van der Waals surface area contributed by atoms with Gasteiger partial charge in [0.15, 0.2) is 0 Å². The largest absolute Gasteiger partial charge is 0.335 e. The van der Waals surface area contributed by atoms with Gasteiger partial charge in [-0.2, -0.15) is 5.10 Å². The van der Waals surface area contributed by atoms with Gasteiger partial charge in [-0.05, 0) is 31.8 Å². The first kappa shape index (κ1) is 20.4. The van der Waals surface area contributed by atoms with E-state index in [1.165, 1.54) is 17.1 Å². The number of carbonyl (C=O) groups excluding carboxylic acids is 2. The number of piperazine rings is 1. The van der Waals surface area contributed by atoms with Crippen LogP contribution in [0.2, 0.25) is 0 Å². The van der Waals surface area contributed by atoms with Gasteiger partial charge in [0.2, 0.25) is 5.91 Å². The lowest BCUT2D eigenvalue weighted by Gasteiger charge is -2.36. The number of hydrogen-bond donors (Lipinski definition) is 0. The first-order valence-corrected chi connectivity index (χ1v) is 9.71. The Balaban J connectivity index is 1.58. The number of nitrogens with zero attached hydrogens (tertiary/aromatic N) is 5. The van der Waals surface area contributed by atoms with Crippen LogP contribution >= 0.6 is 0 Å². The fourth-order valence-electron chi connectivity index (χ4n) is 3.34. The lowest BCUT2D eigenvalue weighted by molar-refractivity contribution is -0.132. The SMILES string of the molecule is CN(C)CCN1CCN(C(=O)C2=NN(Cc3ccc(F)cc3)C(=O)CC2)CC1. The molecule has 1 fully saturated rings. The lowest BCUT2D eigenvalue weighted by Crippen LogP contribution is -2.52. The zero-order valence-electron chi connectivity index (χ0n) is 16.6. The Labute approximate surface area is 165 Å². The average Bonchev–Trinajstić information content (AvgIpc) is 2.69. The van der Waals surface area contributed by atoms with Gasteiger partial charge >= 0.3 is 0 Å². The van der Waals surface area contributed by atoms with E-state index >= 15 is 0 Å². The average molecular weight is 389 g/mol. The quantitative estimate of drug-likeness (QED) is 0.729. The van der Waals surface area contributed by atoms with Crippen LogP contribution in [0.3, 0.4) is 0 Å². The number of benzene rings is 1. The van der Waals surface area contributed by atoms with Crippen molar-refractivity contribution in [1.82, 2.24) is 19.7 Å². The van der Waals surface area contributed by atoms with Crippen LogP contribution in [0, 0.1) is 5.82 Å². The Morgan fingerprint density at radius 1 is 1.11 bits per heavy atom. The number of amides is 2. The van der Waals surface area contributed by atoms with Gasteiger partial charge in [-0.25, -0.2) is 9.40 Å². The van der Waals surface area contributed by atoms with E-state index in [0.29, 0.717) is 25.2 Å². The number of carbonyl (C=O) groups is 2. The fourth-order valence-corrected chi connectivity index (χ4v) is 3.34. The summed E-state index contributed by atoms with van der Waals surface area (Å²) in [7, 11) is 4.11. The molecule has 0 N–H and O–H groups in total. The molecule has 7 nitrogen and oxygen atoms in total. The highest BCUT2D eigenvalue weighted by atomic mass is 19.1. The fraction of sp³-hybridized carbons (Fsp3) is 0.550. The topological polar surface area (TPSA) is 59.5 Å². The minimum Gasteiger partial charge on any atom is -0.335 e. The molecule has 0 aliphatic carbocycles. The van der Waals surface area contributed by atoms with Gasteiger partial charge in [-0.15, -0.1) is 0 Å². The van der Waals surface area contributed by atoms with E-state index in [-0.39, 0.29) is 30.6 Å². The van der Waals surface area contributed by atoms with Crippen molar-refractivity contribution in [1.29, 1.82) is 0 Å². The van der Waals surface area contributed by atoms with Crippen LogP contribution in [0.5, 0.6) is 0 Å². The van der Waals surface area contributed by atoms with Gasteiger partial charge in [0, 0.05) is 52.1 Å². The lowest BCUT2D eigenvalue weighted by atomic mass is 10.1. The molecule has 1 aromatic rings. The summed E-state index contributed by atoms with van der Waals surface area (Å²) in [4.78, 5) is 31.4. The summed E-state index contributed by atoms with van der Waals surface area (Å²) < 4.78 is 13.1. The Bertz CT molecular complexity index is 727. The van der Waals surface area contributed by atoms with Crippen molar-refractivity contribution < 1.29 is 14.0 Å². The molecule has 3 rings (SSSR count). The third kappa shape index (κ3) is 5.36. The minimum absolute atomic E-state index is 0.0798. The van der Waals surface area contributed by atoms with Gasteiger partial charge in [0.05, 0.1) is 6.54 Å². The molecule has 0 unspecified atom stereocenters. The molecule has 2 amide bonds. The highest BCUT2D eigenvalue weighted by molar-refractivity contribution is 6.39. The maximum atomic E-state index is 13.1. The van der Waals surface area contributed by atoms with Gasteiger partial charge in [-0.3, -0.25) is 14.5 Å². The van der Waals surface area contributed by atoms with E-state index in [4.69, 9.17) is 0 Å². The monoisotopic (exact) mass is 389 g/mol. The van der Waals surface area contributed by atoms with Crippen LogP contribution in [0.25, 0.3) is 0 Å². The van der Waals surface area contributed by atoms with E-state index in [1.54, 1.807) is 12.1 Å². The number of hydrogen-bond acceptors (Lipinski definition) is 5. The molecule has 0 spiro atoms. The van der Waals surface area contributed by atoms with Crippen molar-refractivity contribution in [3.8, 4) is 0 Å². The summed E-state index contributed by atoms with van der Waals surface area (Å²) in [5, 5.41) is 5.66. The maximum absolute atomic E-state index is 13.1. The van der Waals surface area contributed by atoms with Crippen molar-refractivity contribution in [2.75, 3.05) is 53.4 Å². The summed E-state index contributed by atoms with van der Waals surface area (Å²) in [6.45, 7) is 5.30. The highest BCUT2D eigenvalue weighted by Gasteiger charge is 2.29. The van der Waals surface area contributed by atoms with E-state index < -0.39 is 0 Å². The summed E-state index contributed by atoms with van der Waals surface area (Å²) in [5.41, 5.74) is 1.21. The summed E-state index contributed by atoms with van der Waals surface area (Å²) in [5.74, 6) is -0.518. The van der Waals surface area contributed by atoms with E-state index in [1.807, 2.05) is 4.90 Å². The first-order chi connectivity index (χ1) is 13.4. The summed E-state index contributed by atoms with van der Waals surface area (Å²) in [6.07, 6.45) is 0.646. The van der Waals surface area contributed by atoms with Crippen LogP contribution in [0.15, 0.2) is 29.4 Å². The summed E-state index contributed by atoms with van der Waals surface area (Å²) in [6, 6.07) is 5.97. The van der Waals surface area contributed by atoms with Crippen molar-refractivity contribution in [2.45, 2.75) is 19.4 Å². The van der Waals surface area contributed by atoms with Gasteiger partial charge in [0.1, 0.15) is 11.5 Å². The van der Waals surface area contributed by atoms with Crippen LogP contribution in [-0.4, -0.2) is 90.6 Å². The molecule has 28 heavy (non-hydrogen) atoms. The second kappa shape index (κ2) is 9.25. The molecule has 1 aromatic carbocycles. The smallest absolute Gasteiger partial charge is 0.270 e. The number of rotatable bonds is 6. The van der Waals surface area contributed by atoms with E-state index in [0.717, 1.165) is 31.7 Å². The van der Waals surface area contributed by atoms with Crippen molar-refractivity contribution in [2.24, 2.45) is 5.10 Å². The Hall–Kier alpha value is -2.32. The molecule has 2 heterocycles. The second-order valence-corrected chi connectivity index (χ2v) is 7.56. The molecule has 2 aliphatic heterocycles. The van der Waals surface area contributed by atoms with Gasteiger partial charge < -0.3 is 9.80 Å². The molecule has 0 atom stereocenters. The zero-order valence-corrected chi connectivity index (χ0v) is 16.6. The summed E-state index contributed by atoms with van der Waals surface area (Å²) >= 11 is 0. The standard InChI is InChI=1S/C20H28FN5O2/c1-23(2)9-10-24-11-13-25(14-12-24)20(28)18-7-8-19(27)26(22-18)15-16-3-5-17(21)6-4-16/h3-6H,7-15H2,1-2H3. The van der Waals surface area contributed by atoms with Crippen LogP contribution in [0.4, 0.5) is 4.39 Å². The van der Waals surface area contributed by atoms with Gasteiger partial charge in [-0.1, -0.05) is 12.1 Å².